The Hall–Kier alpha value is -2.34. The molecule has 3 N–H and O–H groups in total. The van der Waals surface area contributed by atoms with E-state index in [2.05, 4.69) is 10.1 Å². The fourth-order valence-corrected chi connectivity index (χ4v) is 2.78. The van der Waals surface area contributed by atoms with Gasteiger partial charge in [-0.1, -0.05) is 13.8 Å². The highest BCUT2D eigenvalue weighted by Crippen LogP contribution is 2.23. The molecule has 1 amide bonds. The maximum Gasteiger partial charge on any atom is 0.573 e. The predicted molar refractivity (Wildman–Crippen MR) is 82.7 cm³/mol. The molecule has 0 saturated carbocycles. The van der Waals surface area contributed by atoms with Crippen LogP contribution in [0.15, 0.2) is 29.2 Å². The molecule has 0 aliphatic heterocycles. The molecule has 0 heterocycles. The second kappa shape index (κ2) is 8.36. The fraction of sp³-hybridized carbons (Fsp3) is 0.429. The molecule has 0 aliphatic rings. The largest absolute Gasteiger partial charge is 0.573 e. The van der Waals surface area contributed by atoms with Crippen LogP contribution in [0.25, 0.3) is 0 Å². The van der Waals surface area contributed by atoms with E-state index in [-0.39, 0.29) is 0 Å². The van der Waals surface area contributed by atoms with Gasteiger partial charge in [-0.05, 0) is 30.2 Å². The molecule has 26 heavy (non-hydrogen) atoms. The fourth-order valence-electron chi connectivity index (χ4n) is 1.80. The van der Waals surface area contributed by atoms with Gasteiger partial charge >= 0.3 is 12.3 Å². The molecule has 1 aromatic rings. The Kier molecular flexibility index (Phi) is 6.98. The van der Waals surface area contributed by atoms with E-state index in [0.29, 0.717) is 0 Å². The van der Waals surface area contributed by atoms with E-state index in [4.69, 9.17) is 5.11 Å². The molecule has 0 spiro atoms. The van der Waals surface area contributed by atoms with E-state index in [0.717, 1.165) is 24.3 Å². The summed E-state index contributed by atoms with van der Waals surface area (Å²) < 4.78 is 65.8. The van der Waals surface area contributed by atoms with Crippen molar-refractivity contribution in [2.24, 2.45) is 5.92 Å². The van der Waals surface area contributed by atoms with Gasteiger partial charge in [0.2, 0.25) is 15.9 Å². The SMILES string of the molecule is CC(C)C(NC(=O)CNS(=O)(=O)c1ccc(OC(F)(F)F)cc1)C(=O)O. The van der Waals surface area contributed by atoms with Gasteiger partial charge in [-0.3, -0.25) is 4.79 Å². The number of aliphatic carboxylic acids is 1. The molecule has 1 atom stereocenters. The van der Waals surface area contributed by atoms with Crippen LogP contribution in [0.2, 0.25) is 0 Å². The third kappa shape index (κ3) is 6.88. The smallest absolute Gasteiger partial charge is 0.480 e. The highest BCUT2D eigenvalue weighted by Gasteiger charge is 2.31. The van der Waals surface area contributed by atoms with Gasteiger partial charge in [0.1, 0.15) is 11.8 Å². The number of rotatable bonds is 8. The van der Waals surface area contributed by atoms with Crippen LogP contribution in [-0.4, -0.2) is 44.3 Å². The zero-order valence-corrected chi connectivity index (χ0v) is 14.5. The van der Waals surface area contributed by atoms with Crippen LogP contribution in [0.5, 0.6) is 5.75 Å². The van der Waals surface area contributed by atoms with E-state index in [1.54, 1.807) is 13.8 Å². The molecule has 146 valence electrons. The summed E-state index contributed by atoms with van der Waals surface area (Å²) in [4.78, 5) is 22.3. The van der Waals surface area contributed by atoms with Gasteiger partial charge in [-0.15, -0.1) is 13.2 Å². The Balaban J connectivity index is 2.71. The van der Waals surface area contributed by atoms with Crippen LogP contribution in [0.3, 0.4) is 0 Å². The van der Waals surface area contributed by atoms with Crippen molar-refractivity contribution in [3.63, 3.8) is 0 Å². The quantitative estimate of drug-likeness (QED) is 0.603. The maximum absolute atomic E-state index is 12.1. The lowest BCUT2D eigenvalue weighted by Crippen LogP contribution is -2.47. The minimum Gasteiger partial charge on any atom is -0.480 e. The number of ether oxygens (including phenoxy) is 1. The van der Waals surface area contributed by atoms with Crippen molar-refractivity contribution >= 4 is 21.9 Å². The zero-order chi connectivity index (χ0) is 20.1. The first-order chi connectivity index (χ1) is 11.8. The molecule has 12 heteroatoms. The number of amides is 1. The third-order valence-corrected chi connectivity index (χ3v) is 4.46. The molecule has 0 aliphatic carbocycles. The number of carbonyl (C=O) groups is 2. The van der Waals surface area contributed by atoms with Gasteiger partial charge < -0.3 is 15.2 Å². The van der Waals surface area contributed by atoms with E-state index >= 15 is 0 Å². The summed E-state index contributed by atoms with van der Waals surface area (Å²) in [5, 5.41) is 11.1. The highest BCUT2D eigenvalue weighted by atomic mass is 32.2. The number of halogens is 3. The molecular weight excluding hydrogens is 381 g/mol. The van der Waals surface area contributed by atoms with Gasteiger partial charge in [-0.25, -0.2) is 17.9 Å². The van der Waals surface area contributed by atoms with Crippen LogP contribution in [-0.2, 0) is 19.6 Å². The lowest BCUT2D eigenvalue weighted by Gasteiger charge is -2.18. The zero-order valence-electron chi connectivity index (χ0n) is 13.7. The number of carbonyl (C=O) groups excluding carboxylic acids is 1. The number of nitrogens with one attached hydrogen (secondary N) is 2. The van der Waals surface area contributed by atoms with Gasteiger partial charge in [-0.2, -0.15) is 0 Å². The van der Waals surface area contributed by atoms with Crippen LogP contribution in [0.4, 0.5) is 13.2 Å². The van der Waals surface area contributed by atoms with Crippen molar-refractivity contribution in [2.45, 2.75) is 31.1 Å². The van der Waals surface area contributed by atoms with Gasteiger partial charge in [0.15, 0.2) is 0 Å². The number of alkyl halides is 3. The Morgan fingerprint density at radius 1 is 1.19 bits per heavy atom. The van der Waals surface area contributed by atoms with E-state index < -0.39 is 57.4 Å². The first-order valence-corrected chi connectivity index (χ1v) is 8.68. The van der Waals surface area contributed by atoms with Crippen molar-refractivity contribution in [1.82, 2.24) is 10.0 Å². The Bertz CT molecular complexity index is 747. The predicted octanol–water partition coefficient (Wildman–Crippen LogP) is 1.09. The van der Waals surface area contributed by atoms with Crippen molar-refractivity contribution in [3.05, 3.63) is 24.3 Å². The van der Waals surface area contributed by atoms with Gasteiger partial charge in [0.25, 0.3) is 0 Å². The monoisotopic (exact) mass is 398 g/mol. The van der Waals surface area contributed by atoms with Crippen LogP contribution in [0, 0.1) is 5.92 Å². The van der Waals surface area contributed by atoms with Crippen LogP contribution < -0.4 is 14.8 Å². The average Bonchev–Trinajstić information content (AvgIpc) is 2.49. The van der Waals surface area contributed by atoms with Crippen LogP contribution in [0.1, 0.15) is 13.8 Å². The molecule has 1 unspecified atom stereocenters. The Labute approximate surface area is 147 Å². The summed E-state index contributed by atoms with van der Waals surface area (Å²) in [7, 11) is -4.19. The van der Waals surface area contributed by atoms with E-state index in [1.807, 2.05) is 4.72 Å². The molecule has 0 fully saturated rings. The lowest BCUT2D eigenvalue weighted by atomic mass is 10.1. The van der Waals surface area contributed by atoms with Crippen molar-refractivity contribution in [2.75, 3.05) is 6.54 Å². The number of hydrogen-bond acceptors (Lipinski definition) is 5. The summed E-state index contributed by atoms with van der Waals surface area (Å²) in [6, 6.07) is 2.17. The molecule has 1 aromatic carbocycles. The molecule has 0 saturated heterocycles. The van der Waals surface area contributed by atoms with Crippen molar-refractivity contribution in [1.29, 1.82) is 0 Å². The minimum atomic E-state index is -4.91. The summed E-state index contributed by atoms with van der Waals surface area (Å²) in [6.07, 6.45) is -4.91. The third-order valence-electron chi connectivity index (χ3n) is 3.04. The normalized spacial score (nSPS) is 13.3. The highest BCUT2D eigenvalue weighted by molar-refractivity contribution is 7.89. The van der Waals surface area contributed by atoms with Crippen LogP contribution >= 0.6 is 0 Å². The molecule has 0 aromatic heterocycles. The second-order valence-electron chi connectivity index (χ2n) is 5.47. The minimum absolute atomic E-state index is 0.390. The standard InChI is InChI=1S/C14H17F3N2O6S/c1-8(2)12(13(21)22)19-11(20)7-18-26(23,24)10-5-3-9(4-6-10)25-14(15,16)17/h3-6,8,12,18H,7H2,1-2H3,(H,19,20)(H,21,22). The first-order valence-electron chi connectivity index (χ1n) is 7.19. The Morgan fingerprint density at radius 2 is 1.73 bits per heavy atom. The molecule has 0 radical (unpaired) electrons. The van der Waals surface area contributed by atoms with Gasteiger partial charge in [0, 0.05) is 0 Å². The number of sulfonamides is 1. The summed E-state index contributed by atoms with van der Waals surface area (Å²) >= 11 is 0. The number of carboxylic acids is 1. The van der Waals surface area contributed by atoms with E-state index in [1.165, 1.54) is 0 Å². The second-order valence-corrected chi connectivity index (χ2v) is 7.24. The lowest BCUT2D eigenvalue weighted by molar-refractivity contribution is -0.274. The summed E-state index contributed by atoms with van der Waals surface area (Å²) in [5.74, 6) is -3.16. The van der Waals surface area contributed by atoms with Gasteiger partial charge in [0.05, 0.1) is 11.4 Å². The van der Waals surface area contributed by atoms with E-state index in [9.17, 15) is 31.2 Å². The van der Waals surface area contributed by atoms with Crippen molar-refractivity contribution in [3.8, 4) is 5.75 Å². The number of hydrogen-bond donors (Lipinski definition) is 3. The first kappa shape index (κ1) is 21.7. The maximum atomic E-state index is 12.1. The number of benzene rings is 1. The summed E-state index contributed by atoms with van der Waals surface area (Å²) in [5.41, 5.74) is 0. The summed E-state index contributed by atoms with van der Waals surface area (Å²) in [6.45, 7) is 2.39. The van der Waals surface area contributed by atoms with Crippen molar-refractivity contribution < 1.29 is 41.0 Å². The topological polar surface area (TPSA) is 122 Å². The Morgan fingerprint density at radius 3 is 2.15 bits per heavy atom. The molecular formula is C14H17F3N2O6S. The molecule has 0 bridgehead atoms. The number of carboxylic acid groups (broad SMARTS) is 1. The molecule has 1 rings (SSSR count). The molecule has 8 nitrogen and oxygen atoms in total. The average molecular weight is 398 g/mol.